The lowest BCUT2D eigenvalue weighted by molar-refractivity contribution is -0.174. The van der Waals surface area contributed by atoms with Crippen LogP contribution in [0.25, 0.3) is 0 Å². The SMILES string of the molecule is C=C(C)C(=O)OC(C)c1ccc(OCC(=O)OC2C3CC4CC(C3)C(=O)OC2C4)cc1. The average molecular weight is 428 g/mol. The molecule has 2 aliphatic heterocycles. The Labute approximate surface area is 181 Å². The predicted octanol–water partition coefficient (Wildman–Crippen LogP) is 3.52. The first-order chi connectivity index (χ1) is 14.8. The van der Waals surface area contributed by atoms with E-state index in [-0.39, 0.29) is 36.6 Å². The van der Waals surface area contributed by atoms with Crippen LogP contribution in [0.15, 0.2) is 36.4 Å². The molecule has 0 spiro atoms. The molecule has 2 heterocycles. The van der Waals surface area contributed by atoms with Gasteiger partial charge in [0.25, 0.3) is 0 Å². The molecule has 0 amide bonds. The van der Waals surface area contributed by atoms with Crippen molar-refractivity contribution in [2.24, 2.45) is 17.8 Å². The number of ether oxygens (including phenoxy) is 4. The molecule has 0 aromatic heterocycles. The average Bonchev–Trinajstić information content (AvgIpc) is 2.90. The van der Waals surface area contributed by atoms with Gasteiger partial charge in [0, 0.05) is 11.5 Å². The third-order valence-electron chi connectivity index (χ3n) is 6.44. The molecule has 1 aromatic rings. The number of carbonyl (C=O) groups excluding carboxylic acids is 3. The lowest BCUT2D eigenvalue weighted by Gasteiger charge is -2.41. The molecule has 7 nitrogen and oxygen atoms in total. The maximum atomic E-state index is 12.4. The van der Waals surface area contributed by atoms with Crippen molar-refractivity contribution in [1.82, 2.24) is 0 Å². The molecule has 6 unspecified atom stereocenters. The number of esters is 3. The number of hydrogen-bond donors (Lipinski definition) is 0. The number of benzene rings is 1. The van der Waals surface area contributed by atoms with E-state index in [1.54, 1.807) is 38.1 Å². The van der Waals surface area contributed by atoms with Crippen molar-refractivity contribution in [1.29, 1.82) is 0 Å². The van der Waals surface area contributed by atoms with Crippen LogP contribution in [0.5, 0.6) is 5.75 Å². The maximum absolute atomic E-state index is 12.4. The summed E-state index contributed by atoms with van der Waals surface area (Å²) in [5, 5.41) is 0. The van der Waals surface area contributed by atoms with E-state index in [0.29, 0.717) is 17.2 Å². The van der Waals surface area contributed by atoms with Crippen molar-refractivity contribution < 1.29 is 33.3 Å². The zero-order valence-electron chi connectivity index (χ0n) is 17.9. The molecule has 4 bridgehead atoms. The molecule has 4 fully saturated rings. The van der Waals surface area contributed by atoms with Gasteiger partial charge in [-0.15, -0.1) is 0 Å². The molecule has 6 atom stereocenters. The summed E-state index contributed by atoms with van der Waals surface area (Å²) in [6, 6.07) is 6.98. The minimum atomic E-state index is -0.471. The predicted molar refractivity (Wildman–Crippen MR) is 110 cm³/mol. The second-order valence-electron chi connectivity index (χ2n) is 8.88. The zero-order valence-corrected chi connectivity index (χ0v) is 17.9. The van der Waals surface area contributed by atoms with Crippen LogP contribution in [0.4, 0.5) is 0 Å². The highest BCUT2D eigenvalue weighted by atomic mass is 16.6. The van der Waals surface area contributed by atoms with Crippen molar-refractivity contribution in [2.75, 3.05) is 6.61 Å². The Morgan fingerprint density at radius 2 is 1.90 bits per heavy atom. The summed E-state index contributed by atoms with van der Waals surface area (Å²) >= 11 is 0. The summed E-state index contributed by atoms with van der Waals surface area (Å²) in [6.45, 7) is 6.71. The Morgan fingerprint density at radius 1 is 1.16 bits per heavy atom. The van der Waals surface area contributed by atoms with Crippen LogP contribution in [-0.2, 0) is 28.6 Å². The molecule has 2 saturated carbocycles. The molecule has 1 aromatic carbocycles. The van der Waals surface area contributed by atoms with E-state index in [1.807, 2.05) is 0 Å². The second-order valence-corrected chi connectivity index (χ2v) is 8.88. The van der Waals surface area contributed by atoms with Gasteiger partial charge in [-0.25, -0.2) is 9.59 Å². The van der Waals surface area contributed by atoms with Gasteiger partial charge in [0.15, 0.2) is 6.61 Å². The van der Waals surface area contributed by atoms with Gasteiger partial charge < -0.3 is 18.9 Å². The first-order valence-electron chi connectivity index (χ1n) is 10.8. The Bertz CT molecular complexity index is 874. The maximum Gasteiger partial charge on any atom is 0.344 e. The van der Waals surface area contributed by atoms with Gasteiger partial charge in [0.2, 0.25) is 0 Å². The monoisotopic (exact) mass is 428 g/mol. The number of carbonyl (C=O) groups is 3. The van der Waals surface area contributed by atoms with E-state index in [9.17, 15) is 14.4 Å². The minimum Gasteiger partial charge on any atom is -0.482 e. The molecule has 4 aliphatic rings. The van der Waals surface area contributed by atoms with Gasteiger partial charge in [-0.2, -0.15) is 0 Å². The highest BCUT2D eigenvalue weighted by Crippen LogP contribution is 2.48. The van der Waals surface area contributed by atoms with Gasteiger partial charge >= 0.3 is 17.9 Å². The van der Waals surface area contributed by atoms with Crippen molar-refractivity contribution in [2.45, 2.75) is 57.8 Å². The Balaban J connectivity index is 1.29. The standard InChI is InChI=1S/C24H28O7/c1-13(2)23(26)29-14(3)16-4-6-19(7-5-16)28-12-21(25)31-22-17-8-15-9-18(11-17)24(27)30-20(22)10-15/h4-7,14-15,17-18,20,22H,1,8-12H2,2-3H3. The third-order valence-corrected chi connectivity index (χ3v) is 6.44. The van der Waals surface area contributed by atoms with E-state index in [0.717, 1.165) is 31.2 Å². The van der Waals surface area contributed by atoms with Gasteiger partial charge in [0.1, 0.15) is 24.1 Å². The lowest BCUT2D eigenvalue weighted by atomic mass is 9.67. The topological polar surface area (TPSA) is 88.1 Å². The molecule has 0 N–H and O–H groups in total. The van der Waals surface area contributed by atoms with Gasteiger partial charge in [-0.1, -0.05) is 18.7 Å². The van der Waals surface area contributed by atoms with E-state index in [1.165, 1.54) is 0 Å². The summed E-state index contributed by atoms with van der Waals surface area (Å²) < 4.78 is 22.1. The third kappa shape index (κ3) is 4.75. The smallest absolute Gasteiger partial charge is 0.344 e. The summed E-state index contributed by atoms with van der Waals surface area (Å²) in [4.78, 5) is 36.2. The molecule has 0 radical (unpaired) electrons. The van der Waals surface area contributed by atoms with Crippen molar-refractivity contribution >= 4 is 17.9 Å². The van der Waals surface area contributed by atoms with Crippen LogP contribution in [0.3, 0.4) is 0 Å². The Morgan fingerprint density at radius 3 is 2.61 bits per heavy atom. The molecule has 2 aliphatic carbocycles. The summed E-state index contributed by atoms with van der Waals surface area (Å²) in [6.07, 6.45) is 2.25. The number of rotatable bonds is 7. The molecular formula is C24H28O7. The van der Waals surface area contributed by atoms with Crippen LogP contribution >= 0.6 is 0 Å². The van der Waals surface area contributed by atoms with Gasteiger partial charge in [-0.05, 0) is 63.1 Å². The normalized spacial score (nSPS) is 29.5. The van der Waals surface area contributed by atoms with Crippen LogP contribution in [0.1, 0.15) is 51.2 Å². The minimum absolute atomic E-state index is 0.0516. The highest BCUT2D eigenvalue weighted by molar-refractivity contribution is 5.87. The highest BCUT2D eigenvalue weighted by Gasteiger charge is 2.51. The molecular weight excluding hydrogens is 400 g/mol. The van der Waals surface area contributed by atoms with E-state index >= 15 is 0 Å². The quantitative estimate of drug-likeness (QED) is 0.373. The fraction of sp³-hybridized carbons (Fsp3) is 0.542. The summed E-state index contributed by atoms with van der Waals surface area (Å²) in [5.41, 5.74) is 1.14. The summed E-state index contributed by atoms with van der Waals surface area (Å²) in [5.74, 6) is 0.0677. The zero-order chi connectivity index (χ0) is 22.1. The Hall–Kier alpha value is -2.83. The van der Waals surface area contributed by atoms with E-state index in [2.05, 4.69) is 6.58 Å². The Kier molecular flexibility index (Phi) is 6.03. The van der Waals surface area contributed by atoms with Crippen molar-refractivity contribution in [3.8, 4) is 5.75 Å². The molecule has 31 heavy (non-hydrogen) atoms. The molecule has 7 heteroatoms. The van der Waals surface area contributed by atoms with Crippen molar-refractivity contribution in [3.63, 3.8) is 0 Å². The summed E-state index contributed by atoms with van der Waals surface area (Å²) in [7, 11) is 0. The fourth-order valence-electron chi connectivity index (χ4n) is 4.93. The van der Waals surface area contributed by atoms with E-state index < -0.39 is 18.0 Å². The van der Waals surface area contributed by atoms with Crippen LogP contribution in [0.2, 0.25) is 0 Å². The van der Waals surface area contributed by atoms with Crippen LogP contribution < -0.4 is 4.74 Å². The molecule has 2 saturated heterocycles. The second kappa shape index (κ2) is 8.73. The largest absolute Gasteiger partial charge is 0.482 e. The lowest BCUT2D eigenvalue weighted by Crippen LogP contribution is -2.45. The molecule has 5 rings (SSSR count). The van der Waals surface area contributed by atoms with Gasteiger partial charge in [-0.3, -0.25) is 4.79 Å². The number of fused-ring (bicyclic) bond motifs is 1. The van der Waals surface area contributed by atoms with Crippen LogP contribution in [0, 0.1) is 17.8 Å². The van der Waals surface area contributed by atoms with E-state index in [4.69, 9.17) is 18.9 Å². The van der Waals surface area contributed by atoms with Crippen molar-refractivity contribution in [3.05, 3.63) is 42.0 Å². The first-order valence-corrected chi connectivity index (χ1v) is 10.8. The molecule has 166 valence electrons. The fourth-order valence-corrected chi connectivity index (χ4v) is 4.93. The first kappa shape index (κ1) is 21.4. The van der Waals surface area contributed by atoms with Crippen LogP contribution in [-0.4, -0.2) is 36.7 Å². The number of hydrogen-bond acceptors (Lipinski definition) is 7. The van der Waals surface area contributed by atoms with Gasteiger partial charge in [0.05, 0.1) is 5.92 Å².